The summed E-state index contributed by atoms with van der Waals surface area (Å²) in [7, 11) is 0. The topological polar surface area (TPSA) is 65.0 Å². The first-order chi connectivity index (χ1) is 23.8. The molecule has 0 saturated heterocycles. The summed E-state index contributed by atoms with van der Waals surface area (Å²) in [6.07, 6.45) is 8.93. The summed E-state index contributed by atoms with van der Waals surface area (Å²) in [6.45, 7) is 0. The van der Waals surface area contributed by atoms with Gasteiger partial charge in [0.05, 0.1) is 5.56 Å². The van der Waals surface area contributed by atoms with Gasteiger partial charge in [0.1, 0.15) is 22.3 Å². The highest BCUT2D eigenvalue weighted by atomic mass is 16.3. The zero-order valence-corrected chi connectivity index (χ0v) is 25.9. The van der Waals surface area contributed by atoms with Crippen LogP contribution in [0.1, 0.15) is 18.4 Å². The molecule has 5 nitrogen and oxygen atoms in total. The van der Waals surface area contributed by atoms with E-state index in [1.807, 2.05) is 72.8 Å². The minimum Gasteiger partial charge on any atom is -0.455 e. The molecule has 9 aromatic rings. The third-order valence-corrected chi connectivity index (χ3v) is 9.36. The number of aromatic nitrogens is 3. The van der Waals surface area contributed by atoms with Gasteiger partial charge in [-0.1, -0.05) is 115 Å². The van der Waals surface area contributed by atoms with Crippen molar-refractivity contribution < 1.29 is 8.83 Å². The van der Waals surface area contributed by atoms with Crippen LogP contribution in [0.25, 0.3) is 94.4 Å². The van der Waals surface area contributed by atoms with Crippen LogP contribution in [0, 0.1) is 0 Å². The van der Waals surface area contributed by atoms with Crippen molar-refractivity contribution in [3.05, 3.63) is 145 Å². The number of para-hydroxylation sites is 2. The molecule has 0 unspecified atom stereocenters. The fraction of sp³-hybridized carbons (Fsp3) is 0.0465. The predicted molar refractivity (Wildman–Crippen MR) is 195 cm³/mol. The van der Waals surface area contributed by atoms with Gasteiger partial charge in [0.2, 0.25) is 0 Å². The number of benzene rings is 6. The molecule has 0 N–H and O–H groups in total. The second-order valence-electron chi connectivity index (χ2n) is 12.2. The van der Waals surface area contributed by atoms with Gasteiger partial charge in [-0.3, -0.25) is 0 Å². The van der Waals surface area contributed by atoms with Crippen molar-refractivity contribution in [2.24, 2.45) is 0 Å². The fourth-order valence-corrected chi connectivity index (χ4v) is 7.14. The molecular weight excluding hydrogens is 590 g/mol. The van der Waals surface area contributed by atoms with Crippen molar-refractivity contribution in [2.45, 2.75) is 12.8 Å². The highest BCUT2D eigenvalue weighted by Gasteiger charge is 2.22. The molecule has 0 radical (unpaired) electrons. The van der Waals surface area contributed by atoms with Crippen molar-refractivity contribution in [1.29, 1.82) is 0 Å². The Labute approximate surface area is 275 Å². The van der Waals surface area contributed by atoms with Crippen LogP contribution in [0.2, 0.25) is 0 Å². The van der Waals surface area contributed by atoms with E-state index in [1.165, 1.54) is 16.5 Å². The van der Waals surface area contributed by atoms with Crippen molar-refractivity contribution in [1.82, 2.24) is 15.0 Å². The van der Waals surface area contributed by atoms with E-state index in [2.05, 4.69) is 66.8 Å². The molecule has 226 valence electrons. The Morgan fingerprint density at radius 1 is 0.458 bits per heavy atom. The van der Waals surface area contributed by atoms with Crippen molar-refractivity contribution >= 4 is 60.2 Å². The largest absolute Gasteiger partial charge is 0.455 e. The number of furan rings is 2. The molecular formula is C43H27N3O2. The second-order valence-corrected chi connectivity index (χ2v) is 12.2. The fourth-order valence-electron chi connectivity index (χ4n) is 7.14. The minimum atomic E-state index is 0.553. The highest BCUT2D eigenvalue weighted by molar-refractivity contribution is 6.21. The number of rotatable bonds is 4. The second kappa shape index (κ2) is 10.6. The van der Waals surface area contributed by atoms with Gasteiger partial charge >= 0.3 is 0 Å². The predicted octanol–water partition coefficient (Wildman–Crippen LogP) is 11.6. The molecule has 0 bridgehead atoms. The molecule has 10 rings (SSSR count). The van der Waals surface area contributed by atoms with Gasteiger partial charge in [-0.05, 0) is 53.6 Å². The summed E-state index contributed by atoms with van der Waals surface area (Å²) in [4.78, 5) is 15.3. The SMILES string of the molecule is C1=CC(c2cc3c(oc4cccc(-c5nc(-c6ccccc6)nc(-c6cccc7c6oc6ccccc67)n5)c43)c3ccccc23)=CCC1. The molecule has 6 aromatic carbocycles. The van der Waals surface area contributed by atoms with E-state index >= 15 is 0 Å². The number of allylic oxidation sites excluding steroid dienone is 4. The lowest BCUT2D eigenvalue weighted by Crippen LogP contribution is -2.00. The molecule has 0 fully saturated rings. The van der Waals surface area contributed by atoms with Gasteiger partial charge in [-0.15, -0.1) is 0 Å². The summed E-state index contributed by atoms with van der Waals surface area (Å²) < 4.78 is 13.1. The number of fused-ring (bicyclic) bond motifs is 8. The zero-order valence-electron chi connectivity index (χ0n) is 25.9. The Kier molecular flexibility index (Phi) is 5.93. The molecule has 0 aliphatic heterocycles. The molecule has 3 heterocycles. The number of hydrogen-bond acceptors (Lipinski definition) is 5. The Bertz CT molecular complexity index is 2790. The minimum absolute atomic E-state index is 0.553. The first-order valence-electron chi connectivity index (χ1n) is 16.3. The lowest BCUT2D eigenvalue weighted by molar-refractivity contribution is 0.669. The van der Waals surface area contributed by atoms with Gasteiger partial charge in [0.15, 0.2) is 17.5 Å². The lowest BCUT2D eigenvalue weighted by Gasteiger charge is -2.12. The van der Waals surface area contributed by atoms with Crippen molar-refractivity contribution in [2.75, 3.05) is 0 Å². The lowest BCUT2D eigenvalue weighted by atomic mass is 9.92. The molecule has 1 aliphatic carbocycles. The van der Waals surface area contributed by atoms with E-state index in [9.17, 15) is 0 Å². The first kappa shape index (κ1) is 26.8. The van der Waals surface area contributed by atoms with Gasteiger partial charge in [-0.2, -0.15) is 0 Å². The van der Waals surface area contributed by atoms with Crippen LogP contribution in [0.5, 0.6) is 0 Å². The summed E-state index contributed by atoms with van der Waals surface area (Å²) in [6, 6.07) is 41.2. The molecule has 3 aromatic heterocycles. The van der Waals surface area contributed by atoms with Crippen molar-refractivity contribution in [3.8, 4) is 34.2 Å². The monoisotopic (exact) mass is 617 g/mol. The molecule has 48 heavy (non-hydrogen) atoms. The van der Waals surface area contributed by atoms with E-state index < -0.39 is 0 Å². The van der Waals surface area contributed by atoms with Crippen molar-refractivity contribution in [3.63, 3.8) is 0 Å². The van der Waals surface area contributed by atoms with Gasteiger partial charge in [0, 0.05) is 38.1 Å². The Balaban J connectivity index is 1.27. The first-order valence-corrected chi connectivity index (χ1v) is 16.3. The maximum Gasteiger partial charge on any atom is 0.167 e. The Morgan fingerprint density at radius 3 is 1.96 bits per heavy atom. The van der Waals surface area contributed by atoms with Gasteiger partial charge in [-0.25, -0.2) is 15.0 Å². The average molecular weight is 618 g/mol. The maximum absolute atomic E-state index is 6.67. The third-order valence-electron chi connectivity index (χ3n) is 9.36. The van der Waals surface area contributed by atoms with Gasteiger partial charge < -0.3 is 8.83 Å². The molecule has 0 saturated carbocycles. The average Bonchev–Trinajstić information content (AvgIpc) is 3.74. The van der Waals surface area contributed by atoms with Crippen LogP contribution in [0.3, 0.4) is 0 Å². The standard InChI is InChI=1S/C43H27N3O2/c1-3-13-26(14-4-1)34-25-35-38-32(21-12-24-37(38)48-40(35)30-19-8-7-17-28(30)34)42-44-41(27-15-5-2-6-16-27)45-43(46-42)33-22-11-20-31-29-18-9-10-23-36(29)47-39(31)33/h2-3,5-25H,1,4H2. The zero-order chi connectivity index (χ0) is 31.6. The van der Waals surface area contributed by atoms with E-state index in [4.69, 9.17) is 23.8 Å². The third kappa shape index (κ3) is 4.14. The Morgan fingerprint density at radius 2 is 1.10 bits per heavy atom. The number of hydrogen-bond donors (Lipinski definition) is 0. The molecule has 1 aliphatic rings. The van der Waals surface area contributed by atoms with Crippen LogP contribution >= 0.6 is 0 Å². The van der Waals surface area contributed by atoms with Crippen LogP contribution in [-0.2, 0) is 0 Å². The summed E-state index contributed by atoms with van der Waals surface area (Å²) in [5.74, 6) is 1.72. The van der Waals surface area contributed by atoms with E-state index in [-0.39, 0.29) is 0 Å². The molecule has 5 heteroatoms. The van der Waals surface area contributed by atoms with Gasteiger partial charge in [0.25, 0.3) is 0 Å². The number of nitrogens with zero attached hydrogens (tertiary/aromatic N) is 3. The van der Waals surface area contributed by atoms with Crippen LogP contribution in [-0.4, -0.2) is 15.0 Å². The highest BCUT2D eigenvalue weighted by Crippen LogP contribution is 2.43. The summed E-state index contributed by atoms with van der Waals surface area (Å²) in [5.41, 5.74) is 8.29. The van der Waals surface area contributed by atoms with E-state index in [1.54, 1.807) is 0 Å². The summed E-state index contributed by atoms with van der Waals surface area (Å²) in [5, 5.41) is 6.38. The molecule has 0 spiro atoms. The quantitative estimate of drug-likeness (QED) is 0.197. The van der Waals surface area contributed by atoms with E-state index in [0.717, 1.165) is 78.8 Å². The normalized spacial score (nSPS) is 13.3. The smallest absolute Gasteiger partial charge is 0.167 e. The van der Waals surface area contributed by atoms with Crippen LogP contribution in [0.15, 0.2) is 148 Å². The maximum atomic E-state index is 6.67. The van der Waals surface area contributed by atoms with Crippen LogP contribution < -0.4 is 0 Å². The molecule has 0 amide bonds. The van der Waals surface area contributed by atoms with E-state index in [0.29, 0.717) is 17.5 Å². The van der Waals surface area contributed by atoms with Crippen LogP contribution in [0.4, 0.5) is 0 Å². The molecule has 0 atom stereocenters. The summed E-state index contributed by atoms with van der Waals surface area (Å²) >= 11 is 0. The Hall–Kier alpha value is -6.33.